The molecule has 146 valence electrons. The van der Waals surface area contributed by atoms with Gasteiger partial charge in [0.15, 0.2) is 0 Å². The Kier molecular flexibility index (Phi) is 5.31. The first-order chi connectivity index (χ1) is 14.2. The van der Waals surface area contributed by atoms with Gasteiger partial charge in [-0.15, -0.1) is 0 Å². The number of ether oxygens (including phenoxy) is 1. The number of carbonyl (C=O) groups is 1. The average Bonchev–Trinajstić information content (AvgIpc) is 3.19. The Morgan fingerprint density at radius 1 is 1.07 bits per heavy atom. The van der Waals surface area contributed by atoms with Crippen molar-refractivity contribution in [3.05, 3.63) is 66.9 Å². The summed E-state index contributed by atoms with van der Waals surface area (Å²) >= 11 is 0. The van der Waals surface area contributed by atoms with Gasteiger partial charge in [-0.05, 0) is 17.2 Å². The number of methoxy groups -OCH3 is 1. The molecule has 3 heterocycles. The lowest BCUT2D eigenvalue weighted by Gasteiger charge is -2.09. The number of aryl methyl sites for hydroxylation is 1. The van der Waals surface area contributed by atoms with Gasteiger partial charge in [0, 0.05) is 55.8 Å². The van der Waals surface area contributed by atoms with Crippen molar-refractivity contribution in [3.63, 3.8) is 0 Å². The van der Waals surface area contributed by atoms with Crippen molar-refractivity contribution in [1.82, 2.24) is 25.1 Å². The van der Waals surface area contributed by atoms with Crippen LogP contribution in [0.4, 0.5) is 0 Å². The first-order valence-electron chi connectivity index (χ1n) is 9.26. The van der Waals surface area contributed by atoms with Crippen molar-refractivity contribution < 1.29 is 9.53 Å². The van der Waals surface area contributed by atoms with Crippen LogP contribution >= 0.6 is 0 Å². The van der Waals surface area contributed by atoms with E-state index in [4.69, 9.17) is 4.74 Å². The second-order valence-electron chi connectivity index (χ2n) is 6.71. The summed E-state index contributed by atoms with van der Waals surface area (Å²) in [6.45, 7) is 0.914. The number of pyridine rings is 2. The minimum Gasteiger partial charge on any atom is -0.383 e. The predicted molar refractivity (Wildman–Crippen MR) is 111 cm³/mol. The second kappa shape index (κ2) is 8.20. The number of nitrogens with one attached hydrogen (secondary N) is 1. The Hall–Kier alpha value is -3.58. The molecule has 0 radical (unpaired) electrons. The summed E-state index contributed by atoms with van der Waals surface area (Å²) in [5.41, 5.74) is 5.34. The molecule has 0 saturated heterocycles. The Morgan fingerprint density at radius 2 is 1.86 bits per heavy atom. The van der Waals surface area contributed by atoms with Gasteiger partial charge >= 0.3 is 0 Å². The fourth-order valence-electron chi connectivity index (χ4n) is 3.18. The smallest absolute Gasteiger partial charge is 0.252 e. The van der Waals surface area contributed by atoms with Crippen molar-refractivity contribution in [2.45, 2.75) is 0 Å². The number of benzene rings is 1. The molecule has 0 atom stereocenters. The van der Waals surface area contributed by atoms with Gasteiger partial charge in [0.05, 0.1) is 30.1 Å². The number of nitrogens with zero attached hydrogens (tertiary/aromatic N) is 4. The van der Waals surface area contributed by atoms with E-state index in [1.54, 1.807) is 30.4 Å². The largest absolute Gasteiger partial charge is 0.383 e. The van der Waals surface area contributed by atoms with E-state index in [1.807, 2.05) is 37.6 Å². The van der Waals surface area contributed by atoms with E-state index in [2.05, 4.69) is 32.5 Å². The zero-order valence-electron chi connectivity index (χ0n) is 16.3. The van der Waals surface area contributed by atoms with E-state index in [0.29, 0.717) is 18.7 Å². The minimum absolute atomic E-state index is 0.175. The highest BCUT2D eigenvalue weighted by Crippen LogP contribution is 2.29. The lowest BCUT2D eigenvalue weighted by Crippen LogP contribution is -2.27. The third-order valence-corrected chi connectivity index (χ3v) is 4.70. The Morgan fingerprint density at radius 3 is 2.59 bits per heavy atom. The molecular formula is C22H21N5O2. The van der Waals surface area contributed by atoms with Gasteiger partial charge in [-0.3, -0.25) is 19.4 Å². The van der Waals surface area contributed by atoms with Crippen LogP contribution in [0.2, 0.25) is 0 Å². The number of amides is 1. The minimum atomic E-state index is -0.175. The van der Waals surface area contributed by atoms with Crippen LogP contribution in [-0.4, -0.2) is 45.9 Å². The van der Waals surface area contributed by atoms with Crippen molar-refractivity contribution in [1.29, 1.82) is 0 Å². The maximum Gasteiger partial charge on any atom is 0.252 e. The molecule has 0 spiro atoms. The third-order valence-electron chi connectivity index (χ3n) is 4.70. The van der Waals surface area contributed by atoms with E-state index in [1.165, 1.54) is 0 Å². The number of rotatable bonds is 6. The predicted octanol–water partition coefficient (Wildman–Crippen LogP) is 3.07. The molecule has 0 aliphatic carbocycles. The quantitative estimate of drug-likeness (QED) is 0.514. The summed E-state index contributed by atoms with van der Waals surface area (Å²) in [5, 5.41) is 7.93. The van der Waals surface area contributed by atoms with Gasteiger partial charge in [-0.1, -0.05) is 24.3 Å². The second-order valence-corrected chi connectivity index (χ2v) is 6.71. The van der Waals surface area contributed by atoms with Crippen LogP contribution in [0.3, 0.4) is 0 Å². The van der Waals surface area contributed by atoms with E-state index in [-0.39, 0.29) is 5.91 Å². The Balaban J connectivity index is 1.68. The highest BCUT2D eigenvalue weighted by Gasteiger charge is 2.11. The summed E-state index contributed by atoms with van der Waals surface area (Å²) in [7, 11) is 3.50. The molecule has 0 fully saturated rings. The molecule has 0 aliphatic heterocycles. The van der Waals surface area contributed by atoms with Gasteiger partial charge < -0.3 is 10.1 Å². The van der Waals surface area contributed by atoms with E-state index < -0.39 is 0 Å². The molecule has 0 bridgehead atoms. The number of hydrogen-bond donors (Lipinski definition) is 1. The fourth-order valence-corrected chi connectivity index (χ4v) is 3.18. The lowest BCUT2D eigenvalue weighted by molar-refractivity contribution is 0.0937. The summed E-state index contributed by atoms with van der Waals surface area (Å²) in [6.07, 6.45) is 8.90. The van der Waals surface area contributed by atoms with Crippen LogP contribution in [0.5, 0.6) is 0 Å². The normalized spacial score (nSPS) is 11.0. The van der Waals surface area contributed by atoms with Crippen LogP contribution < -0.4 is 5.32 Å². The maximum absolute atomic E-state index is 12.4. The van der Waals surface area contributed by atoms with Gasteiger partial charge in [-0.25, -0.2) is 0 Å². The fraction of sp³-hybridized carbons (Fsp3) is 0.182. The molecule has 3 aromatic heterocycles. The molecule has 4 rings (SSSR count). The van der Waals surface area contributed by atoms with E-state index >= 15 is 0 Å². The molecule has 1 N–H and O–H groups in total. The molecule has 4 aromatic rings. The Bertz CT molecular complexity index is 1150. The molecular weight excluding hydrogens is 366 g/mol. The molecule has 7 nitrogen and oxygen atoms in total. The molecule has 0 saturated carbocycles. The number of carbonyl (C=O) groups excluding carboxylic acids is 1. The van der Waals surface area contributed by atoms with Crippen LogP contribution in [-0.2, 0) is 11.8 Å². The van der Waals surface area contributed by atoms with Gasteiger partial charge in [0.1, 0.15) is 0 Å². The van der Waals surface area contributed by atoms with E-state index in [0.717, 1.165) is 33.2 Å². The monoisotopic (exact) mass is 387 g/mol. The van der Waals surface area contributed by atoms with Crippen LogP contribution in [0.1, 0.15) is 10.4 Å². The number of aromatic nitrogens is 4. The molecule has 0 unspecified atom stereocenters. The topological polar surface area (TPSA) is 81.9 Å². The van der Waals surface area contributed by atoms with Crippen molar-refractivity contribution >= 4 is 16.8 Å². The van der Waals surface area contributed by atoms with Crippen LogP contribution in [0.25, 0.3) is 33.2 Å². The summed E-state index contributed by atoms with van der Waals surface area (Å²) in [4.78, 5) is 21.1. The molecule has 1 aromatic carbocycles. The van der Waals surface area contributed by atoms with Crippen molar-refractivity contribution in [2.75, 3.05) is 20.3 Å². The number of fused-ring (bicyclic) bond motifs is 1. The standard InChI is InChI=1S/C22H21N5O2/c1-27-14-18(11-26-27)15-3-5-16(6-4-15)20-12-23-13-21-19(20)9-17(10-25-21)22(28)24-7-8-29-2/h3-6,9-14H,7-8H2,1-2H3,(H,24,28). The molecule has 7 heteroatoms. The number of hydrogen-bond acceptors (Lipinski definition) is 5. The maximum atomic E-state index is 12.4. The van der Waals surface area contributed by atoms with Crippen molar-refractivity contribution in [2.24, 2.45) is 7.05 Å². The van der Waals surface area contributed by atoms with Crippen LogP contribution in [0.15, 0.2) is 61.3 Å². The highest BCUT2D eigenvalue weighted by atomic mass is 16.5. The SMILES string of the molecule is COCCNC(=O)c1cnc2cncc(-c3ccc(-c4cnn(C)c4)cc3)c2c1. The van der Waals surface area contributed by atoms with Crippen molar-refractivity contribution in [3.8, 4) is 22.3 Å². The highest BCUT2D eigenvalue weighted by molar-refractivity contribution is 6.01. The zero-order valence-corrected chi connectivity index (χ0v) is 16.3. The average molecular weight is 387 g/mol. The molecule has 0 aliphatic rings. The van der Waals surface area contributed by atoms with Gasteiger partial charge in [0.25, 0.3) is 5.91 Å². The lowest BCUT2D eigenvalue weighted by atomic mass is 9.99. The van der Waals surface area contributed by atoms with Gasteiger partial charge in [0.2, 0.25) is 0 Å². The zero-order chi connectivity index (χ0) is 20.2. The first kappa shape index (κ1) is 18.8. The molecule has 29 heavy (non-hydrogen) atoms. The first-order valence-corrected chi connectivity index (χ1v) is 9.26. The summed E-state index contributed by atoms with van der Waals surface area (Å²) in [6, 6.07) is 10.1. The van der Waals surface area contributed by atoms with E-state index in [9.17, 15) is 4.79 Å². The third kappa shape index (κ3) is 4.00. The summed E-state index contributed by atoms with van der Waals surface area (Å²) < 4.78 is 6.75. The van der Waals surface area contributed by atoms with Crippen LogP contribution in [0, 0.1) is 0 Å². The van der Waals surface area contributed by atoms with Gasteiger partial charge in [-0.2, -0.15) is 5.10 Å². The molecule has 1 amide bonds. The summed E-state index contributed by atoms with van der Waals surface area (Å²) in [5.74, 6) is -0.175. The Labute approximate surface area is 168 Å².